The monoisotopic (exact) mass is 570 g/mol. The van der Waals surface area contributed by atoms with E-state index in [9.17, 15) is 52.7 Å². The topological polar surface area (TPSA) is 0 Å². The van der Waals surface area contributed by atoms with E-state index in [4.69, 9.17) is 0 Å². The number of hydrogen-bond donors (Lipinski definition) is 0. The summed E-state index contributed by atoms with van der Waals surface area (Å²) in [4.78, 5) is 0. The van der Waals surface area contributed by atoms with Gasteiger partial charge in [-0.05, 0) is 58.4 Å². The molecule has 0 fully saturated rings. The van der Waals surface area contributed by atoms with Crippen LogP contribution in [0.2, 0.25) is 0 Å². The minimum atomic E-state index is -6.42. The van der Waals surface area contributed by atoms with Crippen molar-refractivity contribution in [3.8, 4) is 22.3 Å². The summed E-state index contributed by atoms with van der Waals surface area (Å²) in [7, 11) is 0. The molecule has 0 nitrogen and oxygen atoms in total. The molecule has 0 aliphatic heterocycles. The van der Waals surface area contributed by atoms with Gasteiger partial charge in [-0.1, -0.05) is 50.2 Å². The van der Waals surface area contributed by atoms with Crippen LogP contribution in [0.1, 0.15) is 60.1 Å². The van der Waals surface area contributed by atoms with Gasteiger partial charge in [0.1, 0.15) is 0 Å². The van der Waals surface area contributed by atoms with Crippen molar-refractivity contribution in [2.24, 2.45) is 0 Å². The Bertz CT molecular complexity index is 1410. The summed E-state index contributed by atoms with van der Waals surface area (Å²) in [5, 5.41) is 0. The lowest BCUT2D eigenvalue weighted by Gasteiger charge is -2.30. The number of fused-ring (bicyclic) bond motifs is 3. The van der Waals surface area contributed by atoms with E-state index in [2.05, 4.69) is 0 Å². The quantitative estimate of drug-likeness (QED) is 0.275. The van der Waals surface area contributed by atoms with Gasteiger partial charge in [-0.15, -0.1) is 0 Å². The van der Waals surface area contributed by atoms with E-state index in [0.717, 1.165) is 17.7 Å². The second-order valence-corrected chi connectivity index (χ2v) is 9.18. The fourth-order valence-electron chi connectivity index (χ4n) is 5.64. The molecule has 0 saturated heterocycles. The Morgan fingerprint density at radius 1 is 0.513 bits per heavy atom. The van der Waals surface area contributed by atoms with E-state index in [1.807, 2.05) is 0 Å². The Balaban J connectivity index is 2.19. The second kappa shape index (κ2) is 8.92. The average Bonchev–Trinajstić information content (AvgIpc) is 3.10. The number of hydrogen-bond acceptors (Lipinski definition) is 0. The second-order valence-electron chi connectivity index (χ2n) is 9.18. The molecule has 0 radical (unpaired) electrons. The molecule has 0 bridgehead atoms. The van der Waals surface area contributed by atoms with Gasteiger partial charge in [0, 0.05) is 5.41 Å². The van der Waals surface area contributed by atoms with Crippen LogP contribution in [0.25, 0.3) is 22.3 Å². The van der Waals surface area contributed by atoms with Crippen molar-refractivity contribution < 1.29 is 52.7 Å². The highest BCUT2D eigenvalue weighted by molar-refractivity contribution is 5.85. The number of halogens is 12. The third-order valence-corrected chi connectivity index (χ3v) is 7.27. The zero-order valence-electron chi connectivity index (χ0n) is 20.1. The SMILES string of the molecule is CCC1(CC)c2ccccc2-c2ccc(-c3cc(C(F)(F)F)c(C(F)(F)F)c(C(F)(F)F)c3C(F)(F)F)cc21. The smallest absolute Gasteiger partial charge is 0.166 e. The normalized spacial score (nSPS) is 15.3. The van der Waals surface area contributed by atoms with Gasteiger partial charge in [0.2, 0.25) is 0 Å². The van der Waals surface area contributed by atoms with Crippen molar-refractivity contribution in [1.29, 1.82) is 0 Å². The van der Waals surface area contributed by atoms with Gasteiger partial charge >= 0.3 is 24.7 Å². The molecule has 39 heavy (non-hydrogen) atoms. The molecule has 210 valence electrons. The maximum atomic E-state index is 14.1. The zero-order valence-corrected chi connectivity index (χ0v) is 20.1. The van der Waals surface area contributed by atoms with Crippen LogP contribution in [0.4, 0.5) is 52.7 Å². The molecular weight excluding hydrogens is 552 g/mol. The lowest BCUT2D eigenvalue weighted by atomic mass is 9.73. The van der Waals surface area contributed by atoms with Crippen molar-refractivity contribution in [3.63, 3.8) is 0 Å². The largest absolute Gasteiger partial charge is 0.417 e. The molecule has 0 N–H and O–H groups in total. The van der Waals surface area contributed by atoms with Gasteiger partial charge < -0.3 is 0 Å². The van der Waals surface area contributed by atoms with E-state index in [-0.39, 0.29) is 0 Å². The minimum Gasteiger partial charge on any atom is -0.166 e. The Hall–Kier alpha value is -3.18. The summed E-state index contributed by atoms with van der Waals surface area (Å²) in [5.41, 5.74) is -13.4. The van der Waals surface area contributed by atoms with Gasteiger partial charge in [-0.25, -0.2) is 0 Å². The molecule has 0 saturated carbocycles. The first-order chi connectivity index (χ1) is 17.8. The van der Waals surface area contributed by atoms with Crippen LogP contribution in [-0.4, -0.2) is 0 Å². The van der Waals surface area contributed by atoms with Crippen LogP contribution in [0, 0.1) is 0 Å². The molecule has 1 aliphatic rings. The fourth-order valence-corrected chi connectivity index (χ4v) is 5.64. The maximum Gasteiger partial charge on any atom is 0.417 e. The summed E-state index contributed by atoms with van der Waals surface area (Å²) in [6, 6.07) is 9.65. The standard InChI is InChI=1S/C27H18F12/c1-3-23(4-2)17-8-6-5-7-14(17)15-10-9-13(11-18(15)23)16-12-19(24(28,29)30)21(26(34,35)36)22(27(37,38)39)20(16)25(31,32)33/h5-12H,3-4H2,1-2H3. The lowest BCUT2D eigenvalue weighted by Crippen LogP contribution is -2.28. The highest BCUT2D eigenvalue weighted by Crippen LogP contribution is 2.56. The summed E-state index contributed by atoms with van der Waals surface area (Å²) in [6.07, 6.45) is -24.2. The third kappa shape index (κ3) is 4.55. The summed E-state index contributed by atoms with van der Waals surface area (Å²) < 4.78 is 166. The van der Waals surface area contributed by atoms with Crippen LogP contribution in [0.5, 0.6) is 0 Å². The third-order valence-electron chi connectivity index (χ3n) is 7.27. The molecule has 12 heteroatoms. The summed E-state index contributed by atoms with van der Waals surface area (Å²) in [5.74, 6) is 0. The molecule has 4 rings (SSSR count). The first kappa shape index (κ1) is 28.8. The van der Waals surface area contributed by atoms with Crippen LogP contribution >= 0.6 is 0 Å². The van der Waals surface area contributed by atoms with Gasteiger partial charge in [-0.2, -0.15) is 52.7 Å². The van der Waals surface area contributed by atoms with Gasteiger partial charge in [-0.3, -0.25) is 0 Å². The predicted octanol–water partition coefficient (Wildman–Crippen LogP) is 10.5. The molecule has 3 aromatic carbocycles. The highest BCUT2D eigenvalue weighted by atomic mass is 19.4. The molecule has 0 amide bonds. The van der Waals surface area contributed by atoms with Crippen molar-refractivity contribution in [3.05, 3.63) is 81.9 Å². The minimum absolute atomic E-state index is 0.362. The van der Waals surface area contributed by atoms with Gasteiger partial charge in [0.25, 0.3) is 0 Å². The van der Waals surface area contributed by atoms with E-state index in [1.54, 1.807) is 38.1 Å². The zero-order chi connectivity index (χ0) is 29.3. The number of alkyl halides is 12. The Labute approximate surface area is 214 Å². The average molecular weight is 570 g/mol. The van der Waals surface area contributed by atoms with Crippen LogP contribution in [0.15, 0.2) is 48.5 Å². The first-order valence-corrected chi connectivity index (χ1v) is 11.5. The van der Waals surface area contributed by atoms with Crippen molar-refractivity contribution in [1.82, 2.24) is 0 Å². The number of rotatable bonds is 3. The molecule has 0 aromatic heterocycles. The maximum absolute atomic E-state index is 14.1. The molecule has 0 atom stereocenters. The Kier molecular flexibility index (Phi) is 6.59. The predicted molar refractivity (Wildman–Crippen MR) is 119 cm³/mol. The molecular formula is C27H18F12. The first-order valence-electron chi connectivity index (χ1n) is 11.5. The summed E-state index contributed by atoms with van der Waals surface area (Å²) >= 11 is 0. The lowest BCUT2D eigenvalue weighted by molar-refractivity contribution is -0.182. The fraction of sp³-hybridized carbons (Fsp3) is 0.333. The summed E-state index contributed by atoms with van der Waals surface area (Å²) in [6.45, 7) is 3.54. The van der Waals surface area contributed by atoms with E-state index >= 15 is 0 Å². The van der Waals surface area contributed by atoms with Crippen LogP contribution in [0.3, 0.4) is 0 Å². The van der Waals surface area contributed by atoms with E-state index in [1.165, 1.54) is 6.07 Å². The van der Waals surface area contributed by atoms with E-state index < -0.39 is 69.6 Å². The van der Waals surface area contributed by atoms with E-state index in [0.29, 0.717) is 29.5 Å². The molecule has 1 aliphatic carbocycles. The molecule has 0 heterocycles. The molecule has 0 unspecified atom stereocenters. The molecule has 3 aromatic rings. The highest BCUT2D eigenvalue weighted by Gasteiger charge is 2.56. The van der Waals surface area contributed by atoms with Crippen LogP contribution in [-0.2, 0) is 30.1 Å². The Morgan fingerprint density at radius 2 is 1.03 bits per heavy atom. The van der Waals surface area contributed by atoms with Crippen molar-refractivity contribution in [2.75, 3.05) is 0 Å². The van der Waals surface area contributed by atoms with Crippen molar-refractivity contribution in [2.45, 2.75) is 56.8 Å². The van der Waals surface area contributed by atoms with Gasteiger partial charge in [0.05, 0.1) is 22.3 Å². The van der Waals surface area contributed by atoms with Crippen molar-refractivity contribution >= 4 is 0 Å². The Morgan fingerprint density at radius 3 is 1.51 bits per heavy atom. The van der Waals surface area contributed by atoms with Crippen LogP contribution < -0.4 is 0 Å². The number of benzene rings is 3. The van der Waals surface area contributed by atoms with Gasteiger partial charge in [0.15, 0.2) is 0 Å². The molecule has 0 spiro atoms.